The van der Waals surface area contributed by atoms with E-state index in [9.17, 15) is 9.59 Å². The summed E-state index contributed by atoms with van der Waals surface area (Å²) in [7, 11) is 1.31. The van der Waals surface area contributed by atoms with Crippen LogP contribution in [-0.4, -0.2) is 39.5 Å². The van der Waals surface area contributed by atoms with Gasteiger partial charge in [-0.05, 0) is 37.1 Å². The predicted molar refractivity (Wildman–Crippen MR) is 125 cm³/mol. The Morgan fingerprint density at radius 1 is 1.12 bits per heavy atom. The van der Waals surface area contributed by atoms with Gasteiger partial charge in [-0.1, -0.05) is 60.5 Å². The molecule has 0 bridgehead atoms. The van der Waals surface area contributed by atoms with Gasteiger partial charge in [0.2, 0.25) is 5.91 Å². The molecule has 4 rings (SSSR count). The van der Waals surface area contributed by atoms with Gasteiger partial charge < -0.3 is 10.1 Å². The summed E-state index contributed by atoms with van der Waals surface area (Å²) in [6, 6.07) is 14.6. The van der Waals surface area contributed by atoms with Gasteiger partial charge in [0, 0.05) is 11.6 Å². The lowest BCUT2D eigenvalue weighted by Gasteiger charge is -2.17. The van der Waals surface area contributed by atoms with Crippen LogP contribution < -0.4 is 5.32 Å². The van der Waals surface area contributed by atoms with Crippen molar-refractivity contribution in [1.82, 2.24) is 14.8 Å². The van der Waals surface area contributed by atoms with Crippen molar-refractivity contribution in [3.8, 4) is 11.4 Å². The highest BCUT2D eigenvalue weighted by Gasteiger charge is 2.26. The summed E-state index contributed by atoms with van der Waals surface area (Å²) >= 11 is 7.75. The van der Waals surface area contributed by atoms with Crippen molar-refractivity contribution in [2.24, 2.45) is 0 Å². The molecule has 1 heterocycles. The standard InChI is InChI=1S/C23H23ClN4O3S/c1-31-22(30)17-11-5-7-13-19(17)25-20(29)14-32-23-27-26-21(16-10-4-6-12-18(16)24)28(23)15-8-2-3-9-15/h4-7,10-13,15H,2-3,8-9,14H2,1H3,(H,25,29). The molecule has 3 aromatic rings. The number of methoxy groups -OCH3 is 1. The zero-order valence-corrected chi connectivity index (χ0v) is 19.2. The smallest absolute Gasteiger partial charge is 0.339 e. The molecule has 9 heteroatoms. The Morgan fingerprint density at radius 3 is 2.59 bits per heavy atom. The van der Waals surface area contributed by atoms with Gasteiger partial charge in [-0.3, -0.25) is 9.36 Å². The van der Waals surface area contributed by atoms with Crippen molar-refractivity contribution in [2.75, 3.05) is 18.2 Å². The maximum absolute atomic E-state index is 12.6. The molecule has 7 nitrogen and oxygen atoms in total. The molecule has 0 atom stereocenters. The molecule has 2 aromatic carbocycles. The molecule has 1 aliphatic carbocycles. The summed E-state index contributed by atoms with van der Waals surface area (Å²) in [6.07, 6.45) is 4.39. The van der Waals surface area contributed by atoms with E-state index in [1.165, 1.54) is 18.9 Å². The highest BCUT2D eigenvalue weighted by molar-refractivity contribution is 7.99. The van der Waals surface area contributed by atoms with Gasteiger partial charge in [-0.15, -0.1) is 10.2 Å². The van der Waals surface area contributed by atoms with E-state index in [1.807, 2.05) is 24.3 Å². The number of nitrogens with one attached hydrogen (secondary N) is 1. The summed E-state index contributed by atoms with van der Waals surface area (Å²) in [5, 5.41) is 12.9. The summed E-state index contributed by atoms with van der Waals surface area (Å²) in [5.41, 5.74) is 1.55. The molecule has 1 aromatic heterocycles. The van der Waals surface area contributed by atoms with E-state index in [0.29, 0.717) is 21.4 Å². The third-order valence-corrected chi connectivity index (χ3v) is 6.68. The van der Waals surface area contributed by atoms with Crippen LogP contribution >= 0.6 is 23.4 Å². The Balaban J connectivity index is 1.53. The van der Waals surface area contributed by atoms with Crippen molar-refractivity contribution in [3.05, 3.63) is 59.1 Å². The summed E-state index contributed by atoms with van der Waals surface area (Å²) in [6.45, 7) is 0. The first-order valence-corrected chi connectivity index (χ1v) is 11.7. The zero-order valence-electron chi connectivity index (χ0n) is 17.6. The minimum absolute atomic E-state index is 0.128. The van der Waals surface area contributed by atoms with Crippen molar-refractivity contribution < 1.29 is 14.3 Å². The van der Waals surface area contributed by atoms with Crippen LogP contribution in [0.4, 0.5) is 5.69 Å². The number of ether oxygens (including phenoxy) is 1. The van der Waals surface area contributed by atoms with Crippen LogP contribution in [-0.2, 0) is 9.53 Å². The highest BCUT2D eigenvalue weighted by atomic mass is 35.5. The fourth-order valence-corrected chi connectivity index (χ4v) is 4.92. The number of benzene rings is 2. The second-order valence-electron chi connectivity index (χ2n) is 7.47. The monoisotopic (exact) mass is 470 g/mol. The molecule has 1 amide bonds. The lowest BCUT2D eigenvalue weighted by atomic mass is 10.2. The van der Waals surface area contributed by atoms with E-state index >= 15 is 0 Å². The number of aromatic nitrogens is 3. The van der Waals surface area contributed by atoms with Gasteiger partial charge in [0.25, 0.3) is 0 Å². The summed E-state index contributed by atoms with van der Waals surface area (Å²) in [4.78, 5) is 24.6. The maximum atomic E-state index is 12.6. The molecular formula is C23H23ClN4O3S. The quantitative estimate of drug-likeness (QED) is 0.376. The number of hydrogen-bond acceptors (Lipinski definition) is 6. The lowest BCUT2D eigenvalue weighted by Crippen LogP contribution is -2.17. The molecular weight excluding hydrogens is 448 g/mol. The Hall–Kier alpha value is -2.84. The van der Waals surface area contributed by atoms with Crippen LogP contribution in [0.5, 0.6) is 0 Å². The molecule has 0 radical (unpaired) electrons. The molecule has 1 saturated carbocycles. The van der Waals surface area contributed by atoms with Crippen LogP contribution in [0, 0.1) is 0 Å². The van der Waals surface area contributed by atoms with E-state index in [1.54, 1.807) is 24.3 Å². The minimum atomic E-state index is -0.501. The highest BCUT2D eigenvalue weighted by Crippen LogP contribution is 2.38. The Morgan fingerprint density at radius 2 is 1.84 bits per heavy atom. The Labute approximate surface area is 195 Å². The molecule has 32 heavy (non-hydrogen) atoms. The van der Waals surface area contributed by atoms with Crippen molar-refractivity contribution in [2.45, 2.75) is 36.9 Å². The number of nitrogens with zero attached hydrogens (tertiary/aromatic N) is 3. The normalized spacial score (nSPS) is 13.8. The van der Waals surface area contributed by atoms with Gasteiger partial charge in [-0.2, -0.15) is 0 Å². The van der Waals surface area contributed by atoms with Gasteiger partial charge >= 0.3 is 5.97 Å². The number of carbonyl (C=O) groups excluding carboxylic acids is 2. The summed E-state index contributed by atoms with van der Waals surface area (Å²) in [5.74, 6) is 0.107. The number of hydrogen-bond donors (Lipinski definition) is 1. The van der Waals surface area contributed by atoms with E-state index < -0.39 is 5.97 Å². The number of esters is 1. The molecule has 0 unspecified atom stereocenters. The van der Waals surface area contributed by atoms with Crippen molar-refractivity contribution in [3.63, 3.8) is 0 Å². The lowest BCUT2D eigenvalue weighted by molar-refractivity contribution is -0.113. The number of para-hydroxylation sites is 1. The number of anilines is 1. The van der Waals surface area contributed by atoms with E-state index in [2.05, 4.69) is 20.1 Å². The summed E-state index contributed by atoms with van der Waals surface area (Å²) < 4.78 is 6.91. The second kappa shape index (κ2) is 10.2. The van der Waals surface area contributed by atoms with E-state index in [-0.39, 0.29) is 17.7 Å². The predicted octanol–water partition coefficient (Wildman–Crippen LogP) is 5.23. The van der Waals surface area contributed by atoms with E-state index in [0.717, 1.165) is 37.1 Å². The van der Waals surface area contributed by atoms with Crippen molar-refractivity contribution in [1.29, 1.82) is 0 Å². The average Bonchev–Trinajstić information content (AvgIpc) is 3.47. The maximum Gasteiger partial charge on any atom is 0.339 e. The minimum Gasteiger partial charge on any atom is -0.465 e. The van der Waals surface area contributed by atoms with Crippen LogP contribution in [0.15, 0.2) is 53.7 Å². The number of amides is 1. The zero-order chi connectivity index (χ0) is 22.5. The molecule has 1 N–H and O–H groups in total. The number of halogens is 1. The number of carbonyl (C=O) groups is 2. The van der Waals surface area contributed by atoms with Gasteiger partial charge in [0.1, 0.15) is 0 Å². The average molecular weight is 471 g/mol. The largest absolute Gasteiger partial charge is 0.465 e. The Kier molecular flexibility index (Phi) is 7.12. The molecule has 1 fully saturated rings. The fraction of sp³-hybridized carbons (Fsp3) is 0.304. The molecule has 1 aliphatic rings. The Bertz CT molecular complexity index is 1130. The second-order valence-corrected chi connectivity index (χ2v) is 8.82. The topological polar surface area (TPSA) is 86.1 Å². The van der Waals surface area contributed by atoms with Gasteiger partial charge in [0.05, 0.1) is 29.1 Å². The first kappa shape index (κ1) is 22.4. The SMILES string of the molecule is COC(=O)c1ccccc1NC(=O)CSc1nnc(-c2ccccc2Cl)n1C1CCCC1. The fourth-order valence-electron chi connectivity index (χ4n) is 3.89. The van der Waals surface area contributed by atoms with Crippen LogP contribution in [0.25, 0.3) is 11.4 Å². The first-order chi connectivity index (χ1) is 15.6. The molecule has 0 spiro atoms. The van der Waals surface area contributed by atoms with Crippen LogP contribution in [0.1, 0.15) is 42.1 Å². The van der Waals surface area contributed by atoms with E-state index in [4.69, 9.17) is 16.3 Å². The first-order valence-electron chi connectivity index (χ1n) is 10.4. The van der Waals surface area contributed by atoms with Crippen LogP contribution in [0.2, 0.25) is 5.02 Å². The molecule has 0 aliphatic heterocycles. The third kappa shape index (κ3) is 4.81. The molecule has 166 valence electrons. The molecule has 0 saturated heterocycles. The third-order valence-electron chi connectivity index (χ3n) is 5.41. The van der Waals surface area contributed by atoms with Gasteiger partial charge in [0.15, 0.2) is 11.0 Å². The number of thioether (sulfide) groups is 1. The van der Waals surface area contributed by atoms with Crippen molar-refractivity contribution >= 4 is 40.9 Å². The number of rotatable bonds is 7. The van der Waals surface area contributed by atoms with Crippen LogP contribution in [0.3, 0.4) is 0 Å². The van der Waals surface area contributed by atoms with Gasteiger partial charge in [-0.25, -0.2) is 4.79 Å².